The van der Waals surface area contributed by atoms with E-state index in [1.54, 1.807) is 18.2 Å². The smallest absolute Gasteiger partial charge is 0.303 e. The van der Waals surface area contributed by atoms with E-state index in [4.69, 9.17) is 9.84 Å². The van der Waals surface area contributed by atoms with E-state index in [9.17, 15) is 13.2 Å². The molecule has 166 valence electrons. The fraction of sp³-hybridized carbons (Fsp3) is 0.458. The number of sulfonamides is 1. The fourth-order valence-electron chi connectivity index (χ4n) is 4.58. The predicted octanol–water partition coefficient (Wildman–Crippen LogP) is 4.86. The van der Waals surface area contributed by atoms with Crippen LogP contribution in [0.4, 0.5) is 5.69 Å². The van der Waals surface area contributed by atoms with Crippen LogP contribution in [0.3, 0.4) is 0 Å². The van der Waals surface area contributed by atoms with Crippen molar-refractivity contribution >= 4 is 21.7 Å². The topological polar surface area (TPSA) is 83.9 Å². The summed E-state index contributed by atoms with van der Waals surface area (Å²) >= 11 is 0. The maximum absolute atomic E-state index is 13.6. The first kappa shape index (κ1) is 21.7. The number of aryl methyl sites for hydroxylation is 1. The Bertz CT molecular complexity index is 1060. The summed E-state index contributed by atoms with van der Waals surface area (Å²) in [5, 5.41) is 9.07. The molecule has 31 heavy (non-hydrogen) atoms. The van der Waals surface area contributed by atoms with Gasteiger partial charge in [0.15, 0.2) is 0 Å². The van der Waals surface area contributed by atoms with Crippen LogP contribution in [-0.2, 0) is 14.8 Å². The Hall–Kier alpha value is -2.54. The van der Waals surface area contributed by atoms with Gasteiger partial charge in [-0.1, -0.05) is 37.5 Å². The number of fused-ring (bicyclic) bond motifs is 1. The molecule has 1 saturated carbocycles. The second-order valence-electron chi connectivity index (χ2n) is 8.59. The van der Waals surface area contributed by atoms with Crippen molar-refractivity contribution in [3.8, 4) is 5.75 Å². The summed E-state index contributed by atoms with van der Waals surface area (Å²) in [4.78, 5) is 11.3. The minimum Gasteiger partial charge on any atom is -0.486 e. The van der Waals surface area contributed by atoms with E-state index in [0.717, 1.165) is 24.0 Å². The minimum atomic E-state index is -3.81. The van der Waals surface area contributed by atoms with Gasteiger partial charge in [0.05, 0.1) is 17.1 Å². The zero-order valence-electron chi connectivity index (χ0n) is 17.8. The van der Waals surface area contributed by atoms with E-state index >= 15 is 0 Å². The lowest BCUT2D eigenvalue weighted by Crippen LogP contribution is -2.43. The van der Waals surface area contributed by atoms with E-state index in [1.807, 2.05) is 31.2 Å². The van der Waals surface area contributed by atoms with Crippen LogP contribution in [0.5, 0.6) is 5.75 Å². The van der Waals surface area contributed by atoms with Gasteiger partial charge in [0, 0.05) is 6.42 Å². The highest BCUT2D eigenvalue weighted by atomic mass is 32.2. The molecule has 1 atom stereocenters. The quantitative estimate of drug-likeness (QED) is 0.689. The second-order valence-corrected chi connectivity index (χ2v) is 10.4. The molecule has 0 saturated heterocycles. The summed E-state index contributed by atoms with van der Waals surface area (Å²) in [7, 11) is -3.81. The second kappa shape index (κ2) is 8.91. The van der Waals surface area contributed by atoms with Crippen LogP contribution in [0.15, 0.2) is 47.4 Å². The molecule has 1 heterocycles. The molecule has 0 amide bonds. The summed E-state index contributed by atoms with van der Waals surface area (Å²) in [6.07, 6.45) is 5.54. The first-order valence-corrected chi connectivity index (χ1v) is 12.4. The molecule has 6 nitrogen and oxygen atoms in total. The molecule has 4 rings (SSSR count). The van der Waals surface area contributed by atoms with Crippen molar-refractivity contribution in [2.24, 2.45) is 0 Å². The van der Waals surface area contributed by atoms with Crippen molar-refractivity contribution in [3.63, 3.8) is 0 Å². The van der Waals surface area contributed by atoms with E-state index in [2.05, 4.69) is 0 Å². The lowest BCUT2D eigenvalue weighted by atomic mass is 9.84. The Labute approximate surface area is 183 Å². The van der Waals surface area contributed by atoms with Gasteiger partial charge in [0.2, 0.25) is 0 Å². The van der Waals surface area contributed by atoms with Crippen LogP contribution in [-0.4, -0.2) is 32.1 Å². The summed E-state index contributed by atoms with van der Waals surface area (Å²) in [5.74, 6) is 0.0138. The molecule has 7 heteroatoms. The monoisotopic (exact) mass is 443 g/mol. The van der Waals surface area contributed by atoms with E-state index < -0.39 is 22.1 Å². The van der Waals surface area contributed by atoms with Crippen molar-refractivity contribution in [3.05, 3.63) is 53.6 Å². The molecule has 1 fully saturated rings. The molecule has 1 aliphatic carbocycles. The molecule has 2 aromatic rings. The molecule has 2 aliphatic rings. The largest absolute Gasteiger partial charge is 0.486 e. The number of aliphatic carboxylic acids is 1. The van der Waals surface area contributed by atoms with Crippen LogP contribution >= 0.6 is 0 Å². The molecule has 1 N–H and O–H groups in total. The maximum Gasteiger partial charge on any atom is 0.303 e. The number of benzene rings is 2. The van der Waals surface area contributed by atoms with Crippen molar-refractivity contribution in [2.75, 3.05) is 10.8 Å². The Balaban J connectivity index is 1.73. The molecule has 0 radical (unpaired) electrons. The van der Waals surface area contributed by atoms with Crippen LogP contribution in [0, 0.1) is 6.92 Å². The van der Waals surface area contributed by atoms with Gasteiger partial charge in [-0.3, -0.25) is 9.10 Å². The van der Waals surface area contributed by atoms with Crippen molar-refractivity contribution in [1.82, 2.24) is 0 Å². The van der Waals surface area contributed by atoms with E-state index in [1.165, 1.54) is 23.6 Å². The SMILES string of the molecule is Cc1cccc(S(=O)(=O)N2C[C@H](CCC(=O)O)Oc3ccc(C4CCCCC4)cc32)c1. The molecule has 0 spiro atoms. The van der Waals surface area contributed by atoms with Crippen molar-refractivity contribution < 1.29 is 23.1 Å². The van der Waals surface area contributed by atoms with Gasteiger partial charge in [-0.2, -0.15) is 0 Å². The van der Waals surface area contributed by atoms with Crippen LogP contribution < -0.4 is 9.04 Å². The highest BCUT2D eigenvalue weighted by molar-refractivity contribution is 7.92. The number of hydrogen-bond acceptors (Lipinski definition) is 4. The van der Waals surface area contributed by atoms with E-state index in [-0.39, 0.29) is 24.3 Å². The number of carboxylic acids is 1. The fourth-order valence-corrected chi connectivity index (χ4v) is 6.19. The first-order chi connectivity index (χ1) is 14.8. The standard InChI is InChI=1S/C24H29NO5S/c1-17-6-5-9-21(14-17)31(28,29)25-16-20(11-13-24(26)27)30-23-12-10-19(15-22(23)25)18-7-3-2-4-8-18/h5-6,9-10,12,14-15,18,20H,2-4,7-8,11,13,16H2,1H3,(H,26,27)/t20-/m0/s1. The Kier molecular flexibility index (Phi) is 6.23. The van der Waals surface area contributed by atoms with Gasteiger partial charge in [-0.05, 0) is 67.5 Å². The maximum atomic E-state index is 13.6. The zero-order chi connectivity index (χ0) is 22.0. The molecule has 0 bridgehead atoms. The average molecular weight is 444 g/mol. The van der Waals surface area contributed by atoms with Crippen molar-refractivity contribution in [1.29, 1.82) is 0 Å². The number of ether oxygens (including phenoxy) is 1. The normalized spacial score (nSPS) is 19.5. The van der Waals surface area contributed by atoms with Gasteiger partial charge in [0.1, 0.15) is 11.9 Å². The van der Waals surface area contributed by atoms with Crippen LogP contribution in [0.2, 0.25) is 0 Å². The number of carbonyl (C=O) groups is 1. The third-order valence-electron chi connectivity index (χ3n) is 6.25. The molecule has 0 aromatic heterocycles. The Morgan fingerprint density at radius 1 is 1.13 bits per heavy atom. The summed E-state index contributed by atoms with van der Waals surface area (Å²) in [6, 6.07) is 12.7. The third-order valence-corrected chi connectivity index (χ3v) is 8.02. The highest BCUT2D eigenvalue weighted by Crippen LogP contribution is 2.42. The molecular formula is C24H29NO5S. The lowest BCUT2D eigenvalue weighted by Gasteiger charge is -2.36. The molecule has 1 aliphatic heterocycles. The number of rotatable bonds is 6. The predicted molar refractivity (Wildman–Crippen MR) is 119 cm³/mol. The van der Waals surface area contributed by atoms with Crippen LogP contribution in [0.1, 0.15) is 62.0 Å². The molecule has 0 unspecified atom stereocenters. The average Bonchev–Trinajstić information content (AvgIpc) is 2.77. The zero-order valence-corrected chi connectivity index (χ0v) is 18.6. The van der Waals surface area contributed by atoms with Gasteiger partial charge in [0.25, 0.3) is 10.0 Å². The lowest BCUT2D eigenvalue weighted by molar-refractivity contribution is -0.137. The minimum absolute atomic E-state index is 0.0709. The van der Waals surface area contributed by atoms with Gasteiger partial charge in [-0.15, -0.1) is 0 Å². The molecule has 2 aromatic carbocycles. The Morgan fingerprint density at radius 2 is 1.90 bits per heavy atom. The Morgan fingerprint density at radius 3 is 2.61 bits per heavy atom. The van der Waals surface area contributed by atoms with Gasteiger partial charge in [-0.25, -0.2) is 8.42 Å². The molecular weight excluding hydrogens is 414 g/mol. The number of hydrogen-bond donors (Lipinski definition) is 1. The first-order valence-electron chi connectivity index (χ1n) is 11.0. The third kappa shape index (κ3) is 4.71. The van der Waals surface area contributed by atoms with Gasteiger partial charge >= 0.3 is 5.97 Å². The highest BCUT2D eigenvalue weighted by Gasteiger charge is 2.35. The number of carboxylic acid groups (broad SMARTS) is 1. The number of anilines is 1. The number of nitrogens with zero attached hydrogens (tertiary/aromatic N) is 1. The summed E-state index contributed by atoms with van der Waals surface area (Å²) in [6.45, 7) is 1.97. The summed E-state index contributed by atoms with van der Waals surface area (Å²) < 4.78 is 34.7. The van der Waals surface area contributed by atoms with Crippen molar-refractivity contribution in [2.45, 2.75) is 68.8 Å². The van der Waals surface area contributed by atoms with Gasteiger partial charge < -0.3 is 9.84 Å². The summed E-state index contributed by atoms with van der Waals surface area (Å²) in [5.41, 5.74) is 2.57. The van der Waals surface area contributed by atoms with Crippen LogP contribution in [0.25, 0.3) is 0 Å². The van der Waals surface area contributed by atoms with E-state index in [0.29, 0.717) is 17.4 Å².